The Balaban J connectivity index is 1.55. The zero-order valence-corrected chi connectivity index (χ0v) is 17.9. The summed E-state index contributed by atoms with van der Waals surface area (Å²) < 4.78 is 33.1. The van der Waals surface area contributed by atoms with Gasteiger partial charge in [-0.3, -0.25) is 9.59 Å². The topological polar surface area (TPSA) is 111 Å². The van der Waals surface area contributed by atoms with Crippen LogP contribution in [0, 0.1) is 0 Å². The second-order valence-corrected chi connectivity index (χ2v) is 8.79. The highest BCUT2D eigenvalue weighted by atomic mass is 32.2. The predicted molar refractivity (Wildman–Crippen MR) is 114 cm³/mol. The molecule has 0 spiro atoms. The molecule has 0 aliphatic carbocycles. The number of hydrogen-bond donors (Lipinski definition) is 1. The minimum atomic E-state index is -3.88. The third-order valence-electron chi connectivity index (χ3n) is 4.34. The van der Waals surface area contributed by atoms with Crippen LogP contribution in [0.2, 0.25) is 0 Å². The lowest BCUT2D eigenvalue weighted by atomic mass is 10.2. The van der Waals surface area contributed by atoms with Gasteiger partial charge in [0.15, 0.2) is 0 Å². The summed E-state index contributed by atoms with van der Waals surface area (Å²) in [7, 11) is -2.58. The predicted octanol–water partition coefficient (Wildman–Crippen LogP) is 2.19. The highest BCUT2D eigenvalue weighted by Gasteiger charge is 2.23. The number of ether oxygens (including phenoxy) is 1. The molecule has 0 aliphatic rings. The van der Waals surface area contributed by atoms with Crippen LogP contribution >= 0.6 is 0 Å². The molecule has 0 aliphatic heterocycles. The number of likely N-dealkylation sites (N-methyl/N-ethyl adjacent to an activating group) is 1. The van der Waals surface area contributed by atoms with Crippen LogP contribution in [0.1, 0.15) is 12.5 Å². The van der Waals surface area contributed by atoms with E-state index in [0.29, 0.717) is 5.69 Å². The molecular formula is C21H22N4O5S. The van der Waals surface area contributed by atoms with Crippen molar-refractivity contribution in [2.75, 3.05) is 18.9 Å². The molecule has 0 unspecified atom stereocenters. The quantitative estimate of drug-likeness (QED) is 0.536. The van der Waals surface area contributed by atoms with Crippen LogP contribution in [0.3, 0.4) is 0 Å². The summed E-state index contributed by atoms with van der Waals surface area (Å²) in [6.45, 7) is 0.955. The van der Waals surface area contributed by atoms with Crippen molar-refractivity contribution >= 4 is 27.6 Å². The summed E-state index contributed by atoms with van der Waals surface area (Å²) in [5.41, 5.74) is 2.12. The average molecular weight is 442 g/mol. The number of carbonyl (C=O) groups excluding carboxylic acids is 2. The van der Waals surface area contributed by atoms with E-state index in [0.717, 1.165) is 15.6 Å². The Kier molecular flexibility index (Phi) is 6.83. The fraction of sp³-hybridized carbons (Fsp3) is 0.190. The summed E-state index contributed by atoms with van der Waals surface area (Å²) in [6.07, 6.45) is 3.50. The first-order valence-corrected chi connectivity index (χ1v) is 10.8. The third kappa shape index (κ3) is 5.77. The normalized spacial score (nSPS) is 11.3. The molecule has 162 valence electrons. The standard InChI is InChI=1S/C21H22N4O5S/c1-16(26)23-18-6-10-20(11-7-18)31(28,29)24(2)14-21(27)30-15-17-4-8-19(9-5-17)25-13-3-12-22-25/h3-13H,14-15H2,1-2H3,(H,23,26). The average Bonchev–Trinajstić information content (AvgIpc) is 3.27. The van der Waals surface area contributed by atoms with E-state index in [4.69, 9.17) is 4.74 Å². The van der Waals surface area contributed by atoms with E-state index in [1.807, 2.05) is 24.4 Å². The van der Waals surface area contributed by atoms with Crippen LogP contribution in [0.25, 0.3) is 5.69 Å². The second kappa shape index (κ2) is 9.54. The molecule has 1 amide bonds. The van der Waals surface area contributed by atoms with Crippen LogP contribution in [0.15, 0.2) is 71.9 Å². The number of esters is 1. The number of sulfonamides is 1. The van der Waals surface area contributed by atoms with Gasteiger partial charge in [0.25, 0.3) is 0 Å². The Bertz CT molecular complexity index is 1140. The highest BCUT2D eigenvalue weighted by molar-refractivity contribution is 7.89. The highest BCUT2D eigenvalue weighted by Crippen LogP contribution is 2.18. The summed E-state index contributed by atoms with van der Waals surface area (Å²) in [6, 6.07) is 14.8. The van der Waals surface area contributed by atoms with Crippen molar-refractivity contribution in [3.05, 3.63) is 72.6 Å². The lowest BCUT2D eigenvalue weighted by Crippen LogP contribution is -2.33. The van der Waals surface area contributed by atoms with Gasteiger partial charge in [-0.05, 0) is 48.0 Å². The van der Waals surface area contributed by atoms with Crippen LogP contribution in [0.4, 0.5) is 5.69 Å². The van der Waals surface area contributed by atoms with Gasteiger partial charge in [-0.2, -0.15) is 9.40 Å². The number of anilines is 1. The molecule has 1 heterocycles. The van der Waals surface area contributed by atoms with Crippen molar-refractivity contribution in [3.63, 3.8) is 0 Å². The van der Waals surface area contributed by atoms with Gasteiger partial charge >= 0.3 is 5.97 Å². The molecule has 0 radical (unpaired) electrons. The maximum Gasteiger partial charge on any atom is 0.321 e. The monoisotopic (exact) mass is 442 g/mol. The molecule has 0 saturated heterocycles. The van der Waals surface area contributed by atoms with Gasteiger partial charge in [0.2, 0.25) is 15.9 Å². The van der Waals surface area contributed by atoms with Gasteiger partial charge in [-0.25, -0.2) is 13.1 Å². The number of carbonyl (C=O) groups is 2. The Morgan fingerprint density at radius 3 is 2.35 bits per heavy atom. The van der Waals surface area contributed by atoms with Crippen LogP contribution in [0.5, 0.6) is 0 Å². The van der Waals surface area contributed by atoms with Crippen LogP contribution in [-0.4, -0.2) is 48.0 Å². The van der Waals surface area contributed by atoms with E-state index in [9.17, 15) is 18.0 Å². The smallest absolute Gasteiger partial charge is 0.321 e. The molecule has 3 rings (SSSR count). The molecule has 9 nitrogen and oxygen atoms in total. The minimum absolute atomic E-state index is 0.00566. The summed E-state index contributed by atoms with van der Waals surface area (Å²) in [5.74, 6) is -0.927. The largest absolute Gasteiger partial charge is 0.460 e. The molecule has 0 fully saturated rings. The zero-order valence-electron chi connectivity index (χ0n) is 17.1. The Hall–Kier alpha value is -3.50. The molecule has 1 aromatic heterocycles. The van der Waals surface area contributed by atoms with Crippen LogP contribution in [-0.2, 0) is 31.0 Å². The van der Waals surface area contributed by atoms with Crippen molar-refractivity contribution in [2.45, 2.75) is 18.4 Å². The Labute approximate surface area is 180 Å². The van der Waals surface area contributed by atoms with E-state index >= 15 is 0 Å². The van der Waals surface area contributed by atoms with Crippen molar-refractivity contribution in [3.8, 4) is 5.69 Å². The van der Waals surface area contributed by atoms with E-state index < -0.39 is 22.5 Å². The van der Waals surface area contributed by atoms with E-state index in [-0.39, 0.29) is 17.4 Å². The molecular weight excluding hydrogens is 420 g/mol. The molecule has 0 saturated carbocycles. The van der Waals surface area contributed by atoms with Gasteiger partial charge in [0, 0.05) is 32.1 Å². The van der Waals surface area contributed by atoms with Gasteiger partial charge in [-0.15, -0.1) is 0 Å². The first-order valence-electron chi connectivity index (χ1n) is 9.34. The fourth-order valence-electron chi connectivity index (χ4n) is 2.74. The van der Waals surface area contributed by atoms with Crippen LogP contribution < -0.4 is 5.32 Å². The summed E-state index contributed by atoms with van der Waals surface area (Å²) >= 11 is 0. The maximum absolute atomic E-state index is 12.6. The second-order valence-electron chi connectivity index (χ2n) is 6.74. The molecule has 2 aromatic carbocycles. The van der Waals surface area contributed by atoms with Crippen molar-refractivity contribution in [2.24, 2.45) is 0 Å². The van der Waals surface area contributed by atoms with Crippen molar-refractivity contribution < 1.29 is 22.7 Å². The Morgan fingerprint density at radius 1 is 1.10 bits per heavy atom. The van der Waals surface area contributed by atoms with Gasteiger partial charge in [-0.1, -0.05) is 12.1 Å². The number of rotatable bonds is 8. The number of benzene rings is 2. The molecule has 10 heteroatoms. The lowest BCUT2D eigenvalue weighted by Gasteiger charge is -2.17. The molecule has 31 heavy (non-hydrogen) atoms. The SMILES string of the molecule is CC(=O)Nc1ccc(S(=O)(=O)N(C)CC(=O)OCc2ccc(-n3cccn3)cc2)cc1. The zero-order chi connectivity index (χ0) is 22.4. The minimum Gasteiger partial charge on any atom is -0.460 e. The summed E-state index contributed by atoms with van der Waals surface area (Å²) in [4.78, 5) is 23.2. The van der Waals surface area contributed by atoms with E-state index in [2.05, 4.69) is 10.4 Å². The van der Waals surface area contributed by atoms with Gasteiger partial charge < -0.3 is 10.1 Å². The number of nitrogens with zero attached hydrogens (tertiary/aromatic N) is 3. The van der Waals surface area contributed by atoms with Crippen molar-refractivity contribution in [1.82, 2.24) is 14.1 Å². The third-order valence-corrected chi connectivity index (χ3v) is 6.16. The fourth-order valence-corrected chi connectivity index (χ4v) is 3.85. The lowest BCUT2D eigenvalue weighted by molar-refractivity contribution is -0.144. The summed E-state index contributed by atoms with van der Waals surface area (Å²) in [5, 5.41) is 6.70. The first-order chi connectivity index (χ1) is 14.8. The number of aromatic nitrogens is 2. The van der Waals surface area contributed by atoms with E-state index in [1.54, 1.807) is 23.0 Å². The Morgan fingerprint density at radius 2 is 1.77 bits per heavy atom. The molecule has 1 N–H and O–H groups in total. The first kappa shape index (κ1) is 22.2. The molecule has 0 atom stereocenters. The number of nitrogens with one attached hydrogen (secondary N) is 1. The van der Waals surface area contributed by atoms with Gasteiger partial charge in [0.05, 0.1) is 10.6 Å². The van der Waals surface area contributed by atoms with E-state index in [1.165, 1.54) is 38.2 Å². The van der Waals surface area contributed by atoms with Gasteiger partial charge in [0.1, 0.15) is 13.2 Å². The number of amides is 1. The maximum atomic E-state index is 12.6. The molecule has 3 aromatic rings. The molecule has 0 bridgehead atoms. The van der Waals surface area contributed by atoms with Crippen molar-refractivity contribution in [1.29, 1.82) is 0 Å². The number of hydrogen-bond acceptors (Lipinski definition) is 6.